The Kier molecular flexibility index (Phi) is 4.76. The van der Waals surface area contributed by atoms with Crippen LogP contribution in [0.3, 0.4) is 0 Å². The number of benzene rings is 2. The Morgan fingerprint density at radius 3 is 2.79 bits per heavy atom. The van der Waals surface area contributed by atoms with Gasteiger partial charge in [0.25, 0.3) is 0 Å². The standard InChI is InChI=1S/C18H20FNO3S/c1-24(21,22)12-15-3-4-16(11-17(15)19)20-8-6-13-2-5-18-14(10-13)7-9-23-18/h2-5,10-11,20H,6-9,12H2,1H3. The highest BCUT2D eigenvalue weighted by Crippen LogP contribution is 2.26. The quantitative estimate of drug-likeness (QED) is 0.871. The van der Waals surface area contributed by atoms with E-state index in [4.69, 9.17) is 4.74 Å². The van der Waals surface area contributed by atoms with Gasteiger partial charge in [-0.25, -0.2) is 12.8 Å². The first-order valence-corrected chi connectivity index (χ1v) is 9.91. The van der Waals surface area contributed by atoms with E-state index in [2.05, 4.69) is 11.4 Å². The lowest BCUT2D eigenvalue weighted by atomic mass is 10.1. The largest absolute Gasteiger partial charge is 0.493 e. The van der Waals surface area contributed by atoms with Crippen molar-refractivity contribution in [2.24, 2.45) is 0 Å². The molecule has 0 unspecified atom stereocenters. The molecular formula is C18H20FNO3S. The molecule has 0 fully saturated rings. The molecule has 3 rings (SSSR count). The number of sulfone groups is 1. The van der Waals surface area contributed by atoms with Crippen LogP contribution in [0.4, 0.5) is 10.1 Å². The molecule has 0 bridgehead atoms. The molecule has 128 valence electrons. The topological polar surface area (TPSA) is 55.4 Å². The second-order valence-corrected chi connectivity index (χ2v) is 8.23. The number of fused-ring (bicyclic) bond motifs is 1. The highest BCUT2D eigenvalue weighted by molar-refractivity contribution is 7.89. The number of ether oxygens (including phenoxy) is 1. The lowest BCUT2D eigenvalue weighted by molar-refractivity contribution is 0.357. The summed E-state index contributed by atoms with van der Waals surface area (Å²) in [5.74, 6) is 0.186. The summed E-state index contributed by atoms with van der Waals surface area (Å²) in [6.45, 7) is 1.42. The fourth-order valence-corrected chi connectivity index (χ4v) is 3.60. The summed E-state index contributed by atoms with van der Waals surface area (Å²) in [5.41, 5.74) is 3.29. The average Bonchev–Trinajstić information content (AvgIpc) is 2.96. The van der Waals surface area contributed by atoms with E-state index in [1.807, 2.05) is 12.1 Å². The van der Waals surface area contributed by atoms with Crippen LogP contribution in [0.5, 0.6) is 5.75 Å². The maximum absolute atomic E-state index is 14.0. The first kappa shape index (κ1) is 16.8. The van der Waals surface area contributed by atoms with Crippen LogP contribution in [0.2, 0.25) is 0 Å². The molecule has 0 saturated heterocycles. The Morgan fingerprint density at radius 1 is 1.21 bits per heavy atom. The highest BCUT2D eigenvalue weighted by atomic mass is 32.2. The molecule has 0 saturated carbocycles. The second-order valence-electron chi connectivity index (χ2n) is 6.09. The minimum Gasteiger partial charge on any atom is -0.493 e. The maximum atomic E-state index is 14.0. The molecule has 24 heavy (non-hydrogen) atoms. The highest BCUT2D eigenvalue weighted by Gasteiger charge is 2.12. The van der Waals surface area contributed by atoms with Crippen molar-refractivity contribution in [3.8, 4) is 5.75 Å². The van der Waals surface area contributed by atoms with Crippen LogP contribution in [0.25, 0.3) is 0 Å². The number of hydrogen-bond acceptors (Lipinski definition) is 4. The van der Waals surface area contributed by atoms with Gasteiger partial charge in [0.05, 0.1) is 12.4 Å². The number of anilines is 1. The van der Waals surface area contributed by atoms with Crippen LogP contribution in [-0.2, 0) is 28.4 Å². The van der Waals surface area contributed by atoms with Gasteiger partial charge >= 0.3 is 0 Å². The normalized spacial score (nSPS) is 13.4. The molecule has 1 heterocycles. The zero-order chi connectivity index (χ0) is 17.2. The van der Waals surface area contributed by atoms with Gasteiger partial charge in [-0.3, -0.25) is 0 Å². The molecule has 1 aliphatic rings. The molecule has 0 radical (unpaired) electrons. The van der Waals surface area contributed by atoms with E-state index >= 15 is 0 Å². The minimum absolute atomic E-state index is 0.196. The third-order valence-corrected chi connectivity index (χ3v) is 4.80. The van der Waals surface area contributed by atoms with Crippen LogP contribution in [-0.4, -0.2) is 27.8 Å². The molecule has 0 aromatic heterocycles. The Hall–Kier alpha value is -2.08. The first-order chi connectivity index (χ1) is 11.4. The Morgan fingerprint density at radius 2 is 2.04 bits per heavy atom. The van der Waals surface area contributed by atoms with E-state index in [0.29, 0.717) is 12.2 Å². The lowest BCUT2D eigenvalue weighted by Gasteiger charge is -2.09. The van der Waals surface area contributed by atoms with Gasteiger partial charge in [0.1, 0.15) is 11.6 Å². The van der Waals surface area contributed by atoms with Crippen LogP contribution in [0.15, 0.2) is 36.4 Å². The van der Waals surface area contributed by atoms with Gasteiger partial charge in [-0.1, -0.05) is 18.2 Å². The number of halogens is 1. The number of nitrogens with one attached hydrogen (secondary N) is 1. The van der Waals surface area contributed by atoms with E-state index in [0.717, 1.165) is 31.5 Å². The molecule has 1 N–H and O–H groups in total. The molecule has 2 aromatic rings. The first-order valence-electron chi connectivity index (χ1n) is 7.85. The lowest BCUT2D eigenvalue weighted by Crippen LogP contribution is -2.07. The van der Waals surface area contributed by atoms with Gasteiger partial charge < -0.3 is 10.1 Å². The predicted octanol–water partition coefficient (Wildman–Crippen LogP) is 2.96. The molecule has 4 nitrogen and oxygen atoms in total. The van der Waals surface area contributed by atoms with Crippen molar-refractivity contribution in [2.45, 2.75) is 18.6 Å². The van der Waals surface area contributed by atoms with Crippen LogP contribution in [0, 0.1) is 5.82 Å². The van der Waals surface area contributed by atoms with Gasteiger partial charge in [-0.15, -0.1) is 0 Å². The fraction of sp³-hybridized carbons (Fsp3) is 0.333. The Balaban J connectivity index is 1.58. The molecular weight excluding hydrogens is 329 g/mol. The number of rotatable bonds is 6. The summed E-state index contributed by atoms with van der Waals surface area (Å²) in [5, 5.41) is 3.17. The molecule has 2 aromatic carbocycles. The van der Waals surface area contributed by atoms with Crippen molar-refractivity contribution < 1.29 is 17.5 Å². The molecule has 6 heteroatoms. The number of hydrogen-bond donors (Lipinski definition) is 1. The van der Waals surface area contributed by atoms with Gasteiger partial charge in [0.15, 0.2) is 9.84 Å². The summed E-state index contributed by atoms with van der Waals surface area (Å²) in [7, 11) is -3.24. The van der Waals surface area contributed by atoms with Crippen molar-refractivity contribution in [3.05, 3.63) is 58.9 Å². The van der Waals surface area contributed by atoms with E-state index in [1.165, 1.54) is 23.3 Å². The Labute approximate surface area is 141 Å². The van der Waals surface area contributed by atoms with Crippen molar-refractivity contribution in [1.82, 2.24) is 0 Å². The van der Waals surface area contributed by atoms with Crippen molar-refractivity contribution in [2.75, 3.05) is 24.7 Å². The van der Waals surface area contributed by atoms with Crippen molar-refractivity contribution in [3.63, 3.8) is 0 Å². The summed E-state index contributed by atoms with van der Waals surface area (Å²) in [6, 6.07) is 10.8. The van der Waals surface area contributed by atoms with Crippen LogP contribution < -0.4 is 10.1 Å². The van der Waals surface area contributed by atoms with Gasteiger partial charge in [-0.05, 0) is 35.7 Å². The summed E-state index contributed by atoms with van der Waals surface area (Å²) < 4.78 is 42.0. The molecule has 0 atom stereocenters. The van der Waals surface area contributed by atoms with Crippen LogP contribution in [0.1, 0.15) is 16.7 Å². The van der Waals surface area contributed by atoms with Crippen molar-refractivity contribution >= 4 is 15.5 Å². The van der Waals surface area contributed by atoms with E-state index in [-0.39, 0.29) is 11.3 Å². The molecule has 1 aliphatic heterocycles. The fourth-order valence-electron chi connectivity index (χ4n) is 2.80. The molecule has 0 aliphatic carbocycles. The van der Waals surface area contributed by atoms with Crippen LogP contribution >= 0.6 is 0 Å². The summed E-state index contributed by atoms with van der Waals surface area (Å²) in [6.07, 6.45) is 2.86. The van der Waals surface area contributed by atoms with E-state index < -0.39 is 15.7 Å². The summed E-state index contributed by atoms with van der Waals surface area (Å²) >= 11 is 0. The van der Waals surface area contributed by atoms with E-state index in [1.54, 1.807) is 6.07 Å². The molecule has 0 amide bonds. The van der Waals surface area contributed by atoms with E-state index in [9.17, 15) is 12.8 Å². The zero-order valence-corrected chi connectivity index (χ0v) is 14.3. The van der Waals surface area contributed by atoms with Crippen molar-refractivity contribution in [1.29, 1.82) is 0 Å². The minimum atomic E-state index is -3.24. The van der Waals surface area contributed by atoms with Gasteiger partial charge in [-0.2, -0.15) is 0 Å². The maximum Gasteiger partial charge on any atom is 0.151 e. The monoisotopic (exact) mass is 349 g/mol. The average molecular weight is 349 g/mol. The molecule has 0 spiro atoms. The SMILES string of the molecule is CS(=O)(=O)Cc1ccc(NCCc2ccc3c(c2)CCO3)cc1F. The summed E-state index contributed by atoms with van der Waals surface area (Å²) in [4.78, 5) is 0. The van der Waals surface area contributed by atoms with Gasteiger partial charge in [0, 0.05) is 30.5 Å². The second kappa shape index (κ2) is 6.81. The third kappa shape index (κ3) is 4.26. The predicted molar refractivity (Wildman–Crippen MR) is 92.8 cm³/mol. The smallest absolute Gasteiger partial charge is 0.151 e. The van der Waals surface area contributed by atoms with Gasteiger partial charge in [0.2, 0.25) is 0 Å². The zero-order valence-electron chi connectivity index (χ0n) is 13.5. The Bertz CT molecular complexity index is 849. The third-order valence-electron chi connectivity index (χ3n) is 3.97.